The lowest BCUT2D eigenvalue weighted by molar-refractivity contribution is 0.265. The number of hydrogen-bond donors (Lipinski definition) is 2. The van der Waals surface area contributed by atoms with E-state index in [1.807, 2.05) is 0 Å². The first-order chi connectivity index (χ1) is 6.06. The van der Waals surface area contributed by atoms with Gasteiger partial charge in [0.1, 0.15) is 0 Å². The van der Waals surface area contributed by atoms with E-state index in [-0.39, 0.29) is 0 Å². The summed E-state index contributed by atoms with van der Waals surface area (Å²) >= 11 is 0. The Bertz CT molecular complexity index is 103. The molecule has 80 valence electrons. The van der Waals surface area contributed by atoms with Crippen LogP contribution in [0.5, 0.6) is 0 Å². The minimum absolute atomic E-state index is 0.314. The number of hydrogen-bond acceptors (Lipinski definition) is 2. The van der Waals surface area contributed by atoms with E-state index in [0.717, 1.165) is 18.8 Å². The van der Waals surface area contributed by atoms with Gasteiger partial charge in [-0.25, -0.2) is 0 Å². The highest BCUT2D eigenvalue weighted by molar-refractivity contribution is 4.70. The normalized spacial score (nSPS) is 14.1. The van der Waals surface area contributed by atoms with Crippen molar-refractivity contribution >= 4 is 0 Å². The van der Waals surface area contributed by atoms with Crippen molar-refractivity contribution in [3.8, 4) is 0 Å². The number of aliphatic hydroxyl groups is 1. The number of nitrogens with one attached hydrogen (secondary N) is 1. The van der Waals surface area contributed by atoms with E-state index in [0.29, 0.717) is 18.7 Å². The van der Waals surface area contributed by atoms with Crippen LogP contribution in [0.1, 0.15) is 47.0 Å². The fourth-order valence-electron chi connectivity index (χ4n) is 1.65. The molecule has 0 unspecified atom stereocenters. The molecule has 2 heteroatoms. The van der Waals surface area contributed by atoms with Crippen LogP contribution in [0.25, 0.3) is 0 Å². The average molecular weight is 187 g/mol. The van der Waals surface area contributed by atoms with Crippen molar-refractivity contribution in [3.63, 3.8) is 0 Å². The molecule has 0 aromatic heterocycles. The maximum Gasteiger partial charge on any atom is 0.0431 e. The molecule has 0 aliphatic rings. The van der Waals surface area contributed by atoms with Gasteiger partial charge in [0, 0.05) is 18.7 Å². The van der Waals surface area contributed by atoms with E-state index in [4.69, 9.17) is 5.11 Å². The molecule has 0 amide bonds. The van der Waals surface area contributed by atoms with Crippen molar-refractivity contribution in [2.24, 2.45) is 5.92 Å². The predicted molar refractivity (Wildman–Crippen MR) is 57.8 cm³/mol. The van der Waals surface area contributed by atoms with Crippen LogP contribution < -0.4 is 5.32 Å². The summed E-state index contributed by atoms with van der Waals surface area (Å²) in [5, 5.41) is 12.3. The highest BCUT2D eigenvalue weighted by atomic mass is 16.2. The van der Waals surface area contributed by atoms with Gasteiger partial charge in [-0.2, -0.15) is 0 Å². The topological polar surface area (TPSA) is 32.3 Å². The van der Waals surface area contributed by atoms with Crippen molar-refractivity contribution in [3.05, 3.63) is 0 Å². The van der Waals surface area contributed by atoms with Crippen molar-refractivity contribution < 1.29 is 5.11 Å². The Labute approximate surface area is 82.7 Å². The van der Waals surface area contributed by atoms with Gasteiger partial charge in [0.2, 0.25) is 0 Å². The molecule has 0 aliphatic carbocycles. The van der Waals surface area contributed by atoms with Crippen LogP contribution >= 0.6 is 0 Å². The van der Waals surface area contributed by atoms with E-state index < -0.39 is 0 Å². The van der Waals surface area contributed by atoms with Gasteiger partial charge < -0.3 is 10.4 Å². The van der Waals surface area contributed by atoms with Crippen molar-refractivity contribution in [2.75, 3.05) is 6.61 Å². The first-order valence-corrected chi connectivity index (χ1v) is 5.43. The standard InChI is InChI=1S/C11H25NO/c1-9(2)8-11(6-5-7-13)12-10(3)4/h9-13H,5-8H2,1-4H3/t11-/m1/s1. The van der Waals surface area contributed by atoms with Crippen LogP contribution in [0, 0.1) is 5.92 Å². The zero-order valence-corrected chi connectivity index (χ0v) is 9.51. The van der Waals surface area contributed by atoms with Gasteiger partial charge in [-0.1, -0.05) is 27.7 Å². The molecular weight excluding hydrogens is 162 g/mol. The minimum Gasteiger partial charge on any atom is -0.396 e. The Kier molecular flexibility index (Phi) is 7.29. The van der Waals surface area contributed by atoms with Gasteiger partial charge in [0.25, 0.3) is 0 Å². The monoisotopic (exact) mass is 187 g/mol. The molecule has 1 atom stereocenters. The summed E-state index contributed by atoms with van der Waals surface area (Å²) in [7, 11) is 0. The predicted octanol–water partition coefficient (Wildman–Crippen LogP) is 2.17. The summed E-state index contributed by atoms with van der Waals surface area (Å²) in [6.07, 6.45) is 3.21. The van der Waals surface area contributed by atoms with Crippen LogP contribution in [0.3, 0.4) is 0 Å². The highest BCUT2D eigenvalue weighted by Crippen LogP contribution is 2.10. The molecule has 2 N–H and O–H groups in total. The van der Waals surface area contributed by atoms with Gasteiger partial charge in [-0.15, -0.1) is 0 Å². The van der Waals surface area contributed by atoms with E-state index >= 15 is 0 Å². The smallest absolute Gasteiger partial charge is 0.0431 e. The lowest BCUT2D eigenvalue weighted by Crippen LogP contribution is -2.35. The second-order valence-electron chi connectivity index (χ2n) is 4.51. The second-order valence-corrected chi connectivity index (χ2v) is 4.51. The Morgan fingerprint density at radius 1 is 1.15 bits per heavy atom. The molecular formula is C11H25NO. The van der Waals surface area contributed by atoms with Gasteiger partial charge in [0.05, 0.1) is 0 Å². The molecule has 0 saturated carbocycles. The summed E-state index contributed by atoms with van der Waals surface area (Å²) in [6, 6.07) is 1.12. The number of aliphatic hydroxyl groups excluding tert-OH is 1. The molecule has 0 radical (unpaired) electrons. The third-order valence-electron chi connectivity index (χ3n) is 2.04. The molecule has 0 fully saturated rings. The quantitative estimate of drug-likeness (QED) is 0.640. The average Bonchev–Trinajstić information content (AvgIpc) is 1.98. The van der Waals surface area contributed by atoms with E-state index in [9.17, 15) is 0 Å². The molecule has 0 aliphatic heterocycles. The zero-order chi connectivity index (χ0) is 10.3. The van der Waals surface area contributed by atoms with Crippen LogP contribution in [-0.4, -0.2) is 23.8 Å². The van der Waals surface area contributed by atoms with Crippen molar-refractivity contribution in [1.82, 2.24) is 5.32 Å². The van der Waals surface area contributed by atoms with E-state index in [1.165, 1.54) is 6.42 Å². The maximum absolute atomic E-state index is 8.76. The minimum atomic E-state index is 0.314. The Hall–Kier alpha value is -0.0800. The molecule has 13 heavy (non-hydrogen) atoms. The summed E-state index contributed by atoms with van der Waals surface area (Å²) in [5.41, 5.74) is 0. The fourth-order valence-corrected chi connectivity index (χ4v) is 1.65. The van der Waals surface area contributed by atoms with Crippen LogP contribution in [0.2, 0.25) is 0 Å². The summed E-state index contributed by atoms with van der Waals surface area (Å²) < 4.78 is 0. The third kappa shape index (κ3) is 8.26. The maximum atomic E-state index is 8.76. The Morgan fingerprint density at radius 2 is 1.77 bits per heavy atom. The Balaban J connectivity index is 3.73. The van der Waals surface area contributed by atoms with Crippen LogP contribution in [0.4, 0.5) is 0 Å². The molecule has 2 nitrogen and oxygen atoms in total. The van der Waals surface area contributed by atoms with E-state index in [2.05, 4.69) is 33.0 Å². The second kappa shape index (κ2) is 7.34. The van der Waals surface area contributed by atoms with Gasteiger partial charge in [-0.05, 0) is 25.2 Å². The summed E-state index contributed by atoms with van der Waals surface area (Å²) in [5.74, 6) is 0.731. The SMILES string of the molecule is CC(C)C[C@@H](CCCO)NC(C)C. The molecule has 0 heterocycles. The van der Waals surface area contributed by atoms with Gasteiger partial charge in [-0.3, -0.25) is 0 Å². The Morgan fingerprint density at radius 3 is 2.15 bits per heavy atom. The molecule has 0 aromatic carbocycles. The zero-order valence-electron chi connectivity index (χ0n) is 9.51. The van der Waals surface area contributed by atoms with Crippen molar-refractivity contribution in [2.45, 2.75) is 59.0 Å². The molecule has 0 aromatic rings. The van der Waals surface area contributed by atoms with Crippen LogP contribution in [0.15, 0.2) is 0 Å². The van der Waals surface area contributed by atoms with Gasteiger partial charge in [0.15, 0.2) is 0 Å². The lowest BCUT2D eigenvalue weighted by atomic mass is 9.99. The first-order valence-electron chi connectivity index (χ1n) is 5.43. The molecule has 0 spiro atoms. The molecule has 0 rings (SSSR count). The van der Waals surface area contributed by atoms with Crippen LogP contribution in [-0.2, 0) is 0 Å². The number of rotatable bonds is 7. The molecule has 0 saturated heterocycles. The fraction of sp³-hybridized carbons (Fsp3) is 1.00. The van der Waals surface area contributed by atoms with Crippen molar-refractivity contribution in [1.29, 1.82) is 0 Å². The largest absolute Gasteiger partial charge is 0.396 e. The first kappa shape index (κ1) is 12.9. The highest BCUT2D eigenvalue weighted by Gasteiger charge is 2.10. The molecule has 0 bridgehead atoms. The summed E-state index contributed by atoms with van der Waals surface area (Å²) in [6.45, 7) is 9.15. The summed E-state index contributed by atoms with van der Waals surface area (Å²) in [4.78, 5) is 0. The lowest BCUT2D eigenvalue weighted by Gasteiger charge is -2.22. The third-order valence-corrected chi connectivity index (χ3v) is 2.04. The van der Waals surface area contributed by atoms with E-state index in [1.54, 1.807) is 0 Å². The van der Waals surface area contributed by atoms with Gasteiger partial charge >= 0.3 is 0 Å².